The van der Waals surface area contributed by atoms with Gasteiger partial charge in [0.05, 0.1) is 0 Å². The number of likely N-dealkylation sites (N-methyl/N-ethyl adjacent to an activating group) is 1. The smallest absolute Gasteiger partial charge is 0.0236 e. The molecule has 1 aromatic carbocycles. The molecule has 1 heteroatoms. The zero-order valence-corrected chi connectivity index (χ0v) is 13.8. The van der Waals surface area contributed by atoms with Crippen LogP contribution in [-0.4, -0.2) is 24.5 Å². The van der Waals surface area contributed by atoms with Crippen molar-refractivity contribution in [1.29, 1.82) is 0 Å². The number of benzene rings is 1. The Morgan fingerprint density at radius 2 is 1.90 bits per heavy atom. The molecule has 0 N–H and O–H groups in total. The molecule has 1 aromatic rings. The molecule has 112 valence electrons. The van der Waals surface area contributed by atoms with E-state index in [0.29, 0.717) is 0 Å². The molecule has 0 saturated carbocycles. The fourth-order valence-corrected chi connectivity index (χ4v) is 1.86. The van der Waals surface area contributed by atoms with Crippen LogP contribution in [0, 0.1) is 17.3 Å². The van der Waals surface area contributed by atoms with E-state index in [0.717, 1.165) is 25.2 Å². The van der Waals surface area contributed by atoms with Crippen molar-refractivity contribution in [1.82, 2.24) is 4.90 Å². The number of nitrogens with zero attached hydrogens (tertiary/aromatic N) is 1. The third-order valence-corrected chi connectivity index (χ3v) is 3.06. The van der Waals surface area contributed by atoms with E-state index in [9.17, 15) is 0 Å². The highest BCUT2D eigenvalue weighted by atomic mass is 15.1. The lowest BCUT2D eigenvalue weighted by atomic mass is 9.98. The number of hydrogen-bond donors (Lipinski definition) is 0. The normalized spacial score (nSPS) is 11.5. The summed E-state index contributed by atoms with van der Waals surface area (Å²) in [6.07, 6.45) is 4.08. The molecule has 0 spiro atoms. The summed E-state index contributed by atoms with van der Waals surface area (Å²) in [5.74, 6) is 6.32. The van der Waals surface area contributed by atoms with Crippen molar-refractivity contribution in [2.75, 3.05) is 19.6 Å². The molecule has 0 aromatic heterocycles. The summed E-state index contributed by atoms with van der Waals surface area (Å²) in [5, 5.41) is 0. The highest BCUT2D eigenvalue weighted by Gasteiger charge is 2.04. The molecule has 0 aliphatic heterocycles. The molecular formula is C20H27N. The van der Waals surface area contributed by atoms with Crippen molar-refractivity contribution in [3.05, 3.63) is 54.6 Å². The van der Waals surface area contributed by atoms with Crippen LogP contribution in [0.3, 0.4) is 0 Å². The predicted octanol–water partition coefficient (Wildman–Crippen LogP) is 4.63. The van der Waals surface area contributed by atoms with Crippen LogP contribution in [0.1, 0.15) is 33.3 Å². The van der Waals surface area contributed by atoms with E-state index in [-0.39, 0.29) is 5.41 Å². The maximum Gasteiger partial charge on any atom is 0.0236 e. The Morgan fingerprint density at radius 3 is 2.48 bits per heavy atom. The molecule has 0 aliphatic rings. The molecular weight excluding hydrogens is 254 g/mol. The van der Waals surface area contributed by atoms with Crippen LogP contribution in [0.4, 0.5) is 0 Å². The van der Waals surface area contributed by atoms with Gasteiger partial charge >= 0.3 is 0 Å². The zero-order valence-electron chi connectivity index (χ0n) is 13.8. The van der Waals surface area contributed by atoms with E-state index < -0.39 is 0 Å². The average molecular weight is 281 g/mol. The first-order chi connectivity index (χ1) is 9.92. The first-order valence-electron chi connectivity index (χ1n) is 7.55. The second-order valence-corrected chi connectivity index (χ2v) is 6.22. The third-order valence-electron chi connectivity index (χ3n) is 3.06. The van der Waals surface area contributed by atoms with Crippen LogP contribution in [0.2, 0.25) is 0 Å². The van der Waals surface area contributed by atoms with E-state index in [4.69, 9.17) is 0 Å². The number of rotatable bonds is 6. The number of allylic oxidation sites excluding steroid dienone is 1. The first kappa shape index (κ1) is 17.3. The third kappa shape index (κ3) is 7.54. The van der Waals surface area contributed by atoms with Crippen LogP contribution in [0.15, 0.2) is 49.1 Å². The molecule has 0 radical (unpaired) electrons. The standard InChI is InChI=1S/C20H27N/c1-6-21(16-12-8-11-15-20(3,4)5)17-18(2)19-13-9-7-10-14-19/h7-10,12-14H,2,6,16-17H2,1,3-5H3. The predicted molar refractivity (Wildman–Crippen MR) is 94.0 cm³/mol. The molecule has 0 amide bonds. The molecule has 1 nitrogen and oxygen atoms in total. The average Bonchev–Trinajstić information content (AvgIpc) is 2.45. The van der Waals surface area contributed by atoms with E-state index in [1.54, 1.807) is 0 Å². The molecule has 0 unspecified atom stereocenters. The van der Waals surface area contributed by atoms with Gasteiger partial charge in [-0.05, 0) is 44.5 Å². The molecule has 0 saturated heterocycles. The van der Waals surface area contributed by atoms with E-state index >= 15 is 0 Å². The van der Waals surface area contributed by atoms with Crippen molar-refractivity contribution in [3.63, 3.8) is 0 Å². The van der Waals surface area contributed by atoms with E-state index in [1.807, 2.05) is 12.1 Å². The molecule has 0 atom stereocenters. The Balaban J connectivity index is 2.50. The van der Waals surface area contributed by atoms with Crippen LogP contribution in [-0.2, 0) is 0 Å². The maximum absolute atomic E-state index is 4.20. The van der Waals surface area contributed by atoms with E-state index in [1.165, 1.54) is 5.56 Å². The monoisotopic (exact) mass is 281 g/mol. The minimum absolute atomic E-state index is 0.0659. The lowest BCUT2D eigenvalue weighted by Gasteiger charge is -2.19. The fourth-order valence-electron chi connectivity index (χ4n) is 1.86. The topological polar surface area (TPSA) is 3.24 Å². The van der Waals surface area contributed by atoms with Gasteiger partial charge in [-0.1, -0.05) is 61.8 Å². The Hall–Kier alpha value is -1.78. The fraction of sp³-hybridized carbons (Fsp3) is 0.400. The van der Waals surface area contributed by atoms with Crippen molar-refractivity contribution >= 4 is 5.57 Å². The quantitative estimate of drug-likeness (QED) is 0.687. The SMILES string of the molecule is C=C(CN(CC)CC=CC#CC(C)(C)C)c1ccccc1. The second kappa shape index (κ2) is 8.49. The summed E-state index contributed by atoms with van der Waals surface area (Å²) in [7, 11) is 0. The lowest BCUT2D eigenvalue weighted by molar-refractivity contribution is 0.360. The van der Waals surface area contributed by atoms with Gasteiger partial charge in [-0.2, -0.15) is 0 Å². The summed E-state index contributed by atoms with van der Waals surface area (Å²) in [4.78, 5) is 2.35. The van der Waals surface area contributed by atoms with Gasteiger partial charge in [0.2, 0.25) is 0 Å². The van der Waals surface area contributed by atoms with Crippen LogP contribution >= 0.6 is 0 Å². The van der Waals surface area contributed by atoms with Crippen LogP contribution < -0.4 is 0 Å². The summed E-state index contributed by atoms with van der Waals surface area (Å²) in [6.45, 7) is 15.5. The highest BCUT2D eigenvalue weighted by molar-refractivity contribution is 5.64. The Morgan fingerprint density at radius 1 is 1.24 bits per heavy atom. The second-order valence-electron chi connectivity index (χ2n) is 6.22. The van der Waals surface area contributed by atoms with Gasteiger partial charge in [0, 0.05) is 18.5 Å². The molecule has 0 aliphatic carbocycles. The Bertz CT molecular complexity index is 520. The van der Waals surface area contributed by atoms with Crippen molar-refractivity contribution in [3.8, 4) is 11.8 Å². The van der Waals surface area contributed by atoms with Gasteiger partial charge in [0.1, 0.15) is 0 Å². The van der Waals surface area contributed by atoms with Crippen molar-refractivity contribution < 1.29 is 0 Å². The summed E-state index contributed by atoms with van der Waals surface area (Å²) in [6, 6.07) is 10.4. The minimum atomic E-state index is 0.0659. The maximum atomic E-state index is 4.20. The van der Waals surface area contributed by atoms with Crippen LogP contribution in [0.5, 0.6) is 0 Å². The van der Waals surface area contributed by atoms with Gasteiger partial charge < -0.3 is 0 Å². The zero-order chi connectivity index (χ0) is 15.7. The molecule has 1 rings (SSSR count). The Kier molecular flexibility index (Phi) is 6.99. The molecule has 0 bridgehead atoms. The number of hydrogen-bond acceptors (Lipinski definition) is 1. The molecule has 0 heterocycles. The van der Waals surface area contributed by atoms with Gasteiger partial charge in [-0.15, -0.1) is 0 Å². The largest absolute Gasteiger partial charge is 0.296 e. The first-order valence-corrected chi connectivity index (χ1v) is 7.55. The minimum Gasteiger partial charge on any atom is -0.296 e. The van der Waals surface area contributed by atoms with Crippen molar-refractivity contribution in [2.45, 2.75) is 27.7 Å². The summed E-state index contributed by atoms with van der Waals surface area (Å²) >= 11 is 0. The lowest BCUT2D eigenvalue weighted by Crippen LogP contribution is -2.25. The van der Waals surface area contributed by atoms with Crippen LogP contribution in [0.25, 0.3) is 5.57 Å². The van der Waals surface area contributed by atoms with Crippen molar-refractivity contribution in [2.24, 2.45) is 5.41 Å². The Labute approximate surface area is 130 Å². The van der Waals surface area contributed by atoms with Gasteiger partial charge in [-0.3, -0.25) is 4.90 Å². The van der Waals surface area contributed by atoms with Gasteiger partial charge in [0.25, 0.3) is 0 Å². The summed E-state index contributed by atoms with van der Waals surface area (Å²) in [5.41, 5.74) is 2.44. The molecule has 21 heavy (non-hydrogen) atoms. The highest BCUT2D eigenvalue weighted by Crippen LogP contribution is 2.13. The van der Waals surface area contributed by atoms with Gasteiger partial charge in [0.15, 0.2) is 0 Å². The van der Waals surface area contributed by atoms with Gasteiger partial charge in [-0.25, -0.2) is 0 Å². The summed E-state index contributed by atoms with van der Waals surface area (Å²) < 4.78 is 0. The molecule has 0 fully saturated rings. The van der Waals surface area contributed by atoms with E-state index in [2.05, 4.69) is 81.4 Å².